The third kappa shape index (κ3) is 7.40. The van der Waals surface area contributed by atoms with Crippen LogP contribution in [-0.2, 0) is 16.1 Å². The molecule has 8 heteroatoms. The second kappa shape index (κ2) is 10.1. The van der Waals surface area contributed by atoms with Crippen molar-refractivity contribution in [1.82, 2.24) is 20.0 Å². The molecular weight excluding hydrogens is 366 g/mol. The average Bonchev–Trinajstić information content (AvgIpc) is 2.91. The lowest BCUT2D eigenvalue weighted by atomic mass is 10.3. The predicted octanol–water partition coefficient (Wildman–Crippen LogP) is 2.23. The number of anilines is 1. The summed E-state index contributed by atoms with van der Waals surface area (Å²) in [6.07, 6.45) is 0.800. The highest BCUT2D eigenvalue weighted by molar-refractivity contribution is 6.30. The molecule has 0 spiro atoms. The number of carbonyl (C=O) groups is 2. The molecule has 2 N–H and O–H groups in total. The van der Waals surface area contributed by atoms with Gasteiger partial charge >= 0.3 is 0 Å². The lowest BCUT2D eigenvalue weighted by Gasteiger charge is -2.16. The van der Waals surface area contributed by atoms with Crippen molar-refractivity contribution in [3.05, 3.63) is 46.7 Å². The molecule has 1 aromatic heterocycles. The highest BCUT2D eigenvalue weighted by Crippen LogP contribution is 2.13. The Kier molecular flexibility index (Phi) is 7.82. The number of aryl methyl sites for hydroxylation is 3. The summed E-state index contributed by atoms with van der Waals surface area (Å²) >= 11 is 5.82. The second-order valence-corrected chi connectivity index (χ2v) is 7.02. The van der Waals surface area contributed by atoms with Crippen LogP contribution >= 0.6 is 11.6 Å². The van der Waals surface area contributed by atoms with Crippen LogP contribution in [0.5, 0.6) is 0 Å². The zero-order valence-electron chi connectivity index (χ0n) is 16.0. The highest BCUT2D eigenvalue weighted by atomic mass is 35.5. The largest absolute Gasteiger partial charge is 0.355 e. The van der Waals surface area contributed by atoms with Crippen molar-refractivity contribution in [2.45, 2.75) is 26.8 Å². The first kappa shape index (κ1) is 20.9. The van der Waals surface area contributed by atoms with Crippen LogP contribution < -0.4 is 10.6 Å². The van der Waals surface area contributed by atoms with E-state index in [9.17, 15) is 9.59 Å². The van der Waals surface area contributed by atoms with Gasteiger partial charge in [-0.05, 0) is 57.6 Å². The molecular formula is C19H26ClN5O2. The Morgan fingerprint density at radius 1 is 1.15 bits per heavy atom. The van der Waals surface area contributed by atoms with Gasteiger partial charge in [0, 0.05) is 29.5 Å². The molecule has 2 amide bonds. The third-order valence-electron chi connectivity index (χ3n) is 3.93. The molecule has 2 aromatic rings. The van der Waals surface area contributed by atoms with Crippen LogP contribution in [0.25, 0.3) is 0 Å². The maximum absolute atomic E-state index is 12.0. The van der Waals surface area contributed by atoms with Crippen molar-refractivity contribution in [3.63, 3.8) is 0 Å². The first-order valence-corrected chi connectivity index (χ1v) is 9.23. The fraction of sp³-hybridized carbons (Fsp3) is 0.421. The van der Waals surface area contributed by atoms with Gasteiger partial charge in [0.05, 0.1) is 18.8 Å². The average molecular weight is 392 g/mol. The van der Waals surface area contributed by atoms with Crippen LogP contribution in [0.4, 0.5) is 5.69 Å². The number of amides is 2. The smallest absolute Gasteiger partial charge is 0.238 e. The fourth-order valence-electron chi connectivity index (χ4n) is 2.69. The molecule has 1 heterocycles. The number of likely N-dealkylation sites (N-methyl/N-ethyl adjacent to an activating group) is 1. The van der Waals surface area contributed by atoms with E-state index in [2.05, 4.69) is 15.7 Å². The Morgan fingerprint density at radius 3 is 2.44 bits per heavy atom. The molecule has 146 valence electrons. The van der Waals surface area contributed by atoms with Crippen LogP contribution in [0, 0.1) is 13.8 Å². The van der Waals surface area contributed by atoms with Gasteiger partial charge in [-0.3, -0.25) is 19.2 Å². The Morgan fingerprint density at radius 2 is 1.81 bits per heavy atom. The summed E-state index contributed by atoms with van der Waals surface area (Å²) in [5.74, 6) is -0.290. The van der Waals surface area contributed by atoms with Crippen molar-refractivity contribution in [2.24, 2.45) is 0 Å². The number of aromatic nitrogens is 2. The number of nitrogens with one attached hydrogen (secondary N) is 2. The van der Waals surface area contributed by atoms with E-state index in [0.29, 0.717) is 17.3 Å². The predicted molar refractivity (Wildman–Crippen MR) is 107 cm³/mol. The van der Waals surface area contributed by atoms with Gasteiger partial charge in [-0.2, -0.15) is 5.10 Å². The van der Waals surface area contributed by atoms with Gasteiger partial charge in [-0.15, -0.1) is 0 Å². The van der Waals surface area contributed by atoms with E-state index in [1.54, 1.807) is 36.2 Å². The van der Waals surface area contributed by atoms with Crippen LogP contribution in [0.1, 0.15) is 17.8 Å². The molecule has 0 atom stereocenters. The molecule has 27 heavy (non-hydrogen) atoms. The Labute approximate surface area is 164 Å². The number of hydrogen-bond acceptors (Lipinski definition) is 4. The van der Waals surface area contributed by atoms with E-state index >= 15 is 0 Å². The molecule has 0 aliphatic heterocycles. The Hall–Kier alpha value is -2.38. The maximum Gasteiger partial charge on any atom is 0.238 e. The molecule has 0 fully saturated rings. The third-order valence-corrected chi connectivity index (χ3v) is 4.18. The summed E-state index contributed by atoms with van der Waals surface area (Å²) in [4.78, 5) is 25.7. The summed E-state index contributed by atoms with van der Waals surface area (Å²) in [5, 5.41) is 10.6. The van der Waals surface area contributed by atoms with Crippen molar-refractivity contribution in [2.75, 3.05) is 32.0 Å². The van der Waals surface area contributed by atoms with Crippen molar-refractivity contribution >= 4 is 29.1 Å². The minimum Gasteiger partial charge on any atom is -0.355 e. The zero-order chi connectivity index (χ0) is 19.8. The van der Waals surface area contributed by atoms with Crippen molar-refractivity contribution < 1.29 is 9.59 Å². The van der Waals surface area contributed by atoms with E-state index in [-0.39, 0.29) is 24.9 Å². The molecule has 0 saturated heterocycles. The monoisotopic (exact) mass is 391 g/mol. The van der Waals surface area contributed by atoms with Crippen LogP contribution in [0.3, 0.4) is 0 Å². The number of carbonyl (C=O) groups excluding carboxylic acids is 2. The molecule has 1 aromatic carbocycles. The van der Waals surface area contributed by atoms with Crippen LogP contribution in [0.15, 0.2) is 30.3 Å². The lowest BCUT2D eigenvalue weighted by Crippen LogP contribution is -2.39. The first-order valence-electron chi connectivity index (χ1n) is 8.85. The molecule has 0 saturated carbocycles. The van der Waals surface area contributed by atoms with Gasteiger partial charge in [0.2, 0.25) is 11.8 Å². The van der Waals surface area contributed by atoms with Gasteiger partial charge < -0.3 is 10.6 Å². The number of benzene rings is 1. The van der Waals surface area contributed by atoms with E-state index in [4.69, 9.17) is 11.6 Å². The second-order valence-electron chi connectivity index (χ2n) is 6.58. The van der Waals surface area contributed by atoms with Gasteiger partial charge in [0.1, 0.15) is 0 Å². The summed E-state index contributed by atoms with van der Waals surface area (Å²) in [6, 6.07) is 8.91. The Balaban J connectivity index is 1.63. The fourth-order valence-corrected chi connectivity index (χ4v) is 2.82. The first-order chi connectivity index (χ1) is 12.8. The Bertz CT molecular complexity index is 773. The number of nitrogens with zero attached hydrogens (tertiary/aromatic N) is 3. The van der Waals surface area contributed by atoms with E-state index in [0.717, 1.165) is 24.4 Å². The molecule has 0 radical (unpaired) electrons. The van der Waals surface area contributed by atoms with Gasteiger partial charge in [-0.25, -0.2) is 0 Å². The van der Waals surface area contributed by atoms with E-state index < -0.39 is 0 Å². The summed E-state index contributed by atoms with van der Waals surface area (Å²) < 4.78 is 1.94. The van der Waals surface area contributed by atoms with E-state index in [1.165, 1.54) is 0 Å². The summed E-state index contributed by atoms with van der Waals surface area (Å²) in [6.45, 7) is 5.60. The number of halogens is 1. The SMILES string of the molecule is Cc1cc(C)n(CCCNC(=O)CN(C)CC(=O)Nc2ccc(Cl)cc2)n1. The molecule has 2 rings (SSSR count). The zero-order valence-corrected chi connectivity index (χ0v) is 16.7. The minimum atomic E-state index is -0.183. The summed E-state index contributed by atoms with van der Waals surface area (Å²) in [7, 11) is 1.73. The molecule has 0 aliphatic carbocycles. The van der Waals surface area contributed by atoms with Gasteiger partial charge in [-0.1, -0.05) is 11.6 Å². The molecule has 0 unspecified atom stereocenters. The highest BCUT2D eigenvalue weighted by Gasteiger charge is 2.11. The van der Waals surface area contributed by atoms with Crippen LogP contribution in [-0.4, -0.2) is 53.2 Å². The maximum atomic E-state index is 12.0. The minimum absolute atomic E-state index is 0.106. The van der Waals surface area contributed by atoms with Crippen molar-refractivity contribution in [1.29, 1.82) is 0 Å². The van der Waals surface area contributed by atoms with Gasteiger partial charge in [0.25, 0.3) is 0 Å². The van der Waals surface area contributed by atoms with E-state index in [1.807, 2.05) is 24.6 Å². The number of rotatable bonds is 9. The van der Waals surface area contributed by atoms with Crippen molar-refractivity contribution in [3.8, 4) is 0 Å². The quantitative estimate of drug-likeness (QED) is 0.642. The normalized spacial score (nSPS) is 10.9. The molecule has 7 nitrogen and oxygen atoms in total. The standard InChI is InChI=1S/C19H26ClN5O2/c1-14-11-15(2)25(23-14)10-4-9-21-18(26)12-24(3)13-19(27)22-17-7-5-16(20)6-8-17/h5-8,11H,4,9-10,12-13H2,1-3H3,(H,21,26)(H,22,27). The van der Waals surface area contributed by atoms with Crippen LogP contribution in [0.2, 0.25) is 5.02 Å². The molecule has 0 bridgehead atoms. The topological polar surface area (TPSA) is 79.3 Å². The number of hydrogen-bond donors (Lipinski definition) is 2. The lowest BCUT2D eigenvalue weighted by molar-refractivity contribution is -0.122. The van der Waals surface area contributed by atoms with Gasteiger partial charge in [0.15, 0.2) is 0 Å². The molecule has 0 aliphatic rings. The summed E-state index contributed by atoms with van der Waals surface area (Å²) in [5.41, 5.74) is 2.78.